The minimum absolute atomic E-state index is 0. The lowest BCUT2D eigenvalue weighted by Gasteiger charge is -2.27. The molecule has 8 nitrogen and oxygen atoms in total. The van der Waals surface area contributed by atoms with E-state index in [9.17, 15) is 5.11 Å². The van der Waals surface area contributed by atoms with Crippen molar-refractivity contribution in [2.75, 3.05) is 46.1 Å². The normalized spacial score (nSPS) is 17.8. The third kappa shape index (κ3) is 9.34. The number of rotatable bonds is 12. The molecule has 1 unspecified atom stereocenters. The van der Waals surface area contributed by atoms with Gasteiger partial charge in [-0.15, -0.1) is 24.0 Å². The number of hydrogen-bond donors (Lipinski definition) is 3. The van der Waals surface area contributed by atoms with Crippen molar-refractivity contribution in [3.63, 3.8) is 0 Å². The van der Waals surface area contributed by atoms with Gasteiger partial charge in [0.25, 0.3) is 0 Å². The van der Waals surface area contributed by atoms with Crippen molar-refractivity contribution in [1.29, 1.82) is 0 Å². The second kappa shape index (κ2) is 14.9. The summed E-state index contributed by atoms with van der Waals surface area (Å²) in [6, 6.07) is 13.5. The molecule has 0 bridgehead atoms. The van der Waals surface area contributed by atoms with Crippen molar-refractivity contribution in [2.45, 2.75) is 26.3 Å². The Hall–Kier alpha value is -2.11. The number of nitrogens with one attached hydrogen (secondary N) is 2. The predicted octanol–water partition coefficient (Wildman–Crippen LogP) is 3.00. The van der Waals surface area contributed by atoms with Crippen molar-refractivity contribution >= 4 is 29.9 Å². The van der Waals surface area contributed by atoms with Crippen LogP contribution in [0.25, 0.3) is 0 Å². The Kier molecular flexibility index (Phi) is 12.3. The number of halogens is 1. The van der Waals surface area contributed by atoms with Gasteiger partial charge in [-0.25, -0.2) is 9.98 Å². The van der Waals surface area contributed by atoms with E-state index in [0.29, 0.717) is 32.2 Å². The van der Waals surface area contributed by atoms with Gasteiger partial charge in [0.15, 0.2) is 5.96 Å². The topological polar surface area (TPSA) is 97.2 Å². The second-order valence-corrected chi connectivity index (χ2v) is 7.84. The predicted molar refractivity (Wildman–Crippen MR) is 139 cm³/mol. The summed E-state index contributed by atoms with van der Waals surface area (Å²) in [5, 5.41) is 16.1. The second-order valence-electron chi connectivity index (χ2n) is 7.84. The lowest BCUT2D eigenvalue weighted by atomic mass is 9.84. The first kappa shape index (κ1) is 27.1. The lowest BCUT2D eigenvalue weighted by molar-refractivity contribution is 0.127. The number of hydrogen-bond acceptors (Lipinski definition) is 6. The van der Waals surface area contributed by atoms with E-state index < -0.39 is 0 Å². The van der Waals surface area contributed by atoms with Gasteiger partial charge in [0, 0.05) is 44.0 Å². The molecule has 1 aromatic heterocycles. The lowest BCUT2D eigenvalue weighted by Crippen LogP contribution is -2.44. The Bertz CT molecular complexity index is 815. The van der Waals surface area contributed by atoms with E-state index in [4.69, 9.17) is 14.2 Å². The molecule has 0 radical (unpaired) electrons. The molecule has 0 spiro atoms. The first-order chi connectivity index (χ1) is 15.7. The van der Waals surface area contributed by atoms with Gasteiger partial charge in [-0.3, -0.25) is 0 Å². The molecular weight excluding hydrogens is 535 g/mol. The van der Waals surface area contributed by atoms with Crippen LogP contribution in [0.5, 0.6) is 11.6 Å². The quantitative estimate of drug-likeness (QED) is 0.156. The van der Waals surface area contributed by atoms with Crippen LogP contribution in [0.15, 0.2) is 53.7 Å². The van der Waals surface area contributed by atoms with Gasteiger partial charge >= 0.3 is 0 Å². The van der Waals surface area contributed by atoms with E-state index in [2.05, 4.69) is 20.6 Å². The maximum absolute atomic E-state index is 9.40. The fourth-order valence-corrected chi connectivity index (χ4v) is 3.51. The van der Waals surface area contributed by atoms with Crippen LogP contribution in [0.3, 0.4) is 0 Å². The number of ether oxygens (including phenoxy) is 3. The summed E-state index contributed by atoms with van der Waals surface area (Å²) in [5.41, 5.74) is 0.958. The molecule has 0 amide bonds. The maximum atomic E-state index is 9.40. The summed E-state index contributed by atoms with van der Waals surface area (Å²) in [7, 11) is 0. The number of benzene rings is 1. The molecule has 2 heterocycles. The summed E-state index contributed by atoms with van der Waals surface area (Å²) < 4.78 is 16.8. The van der Waals surface area contributed by atoms with Crippen LogP contribution in [0.4, 0.5) is 0 Å². The highest BCUT2D eigenvalue weighted by atomic mass is 127. The molecule has 1 fully saturated rings. The molecule has 1 aliphatic heterocycles. The largest absolute Gasteiger partial charge is 0.490 e. The van der Waals surface area contributed by atoms with Gasteiger partial charge in [0.2, 0.25) is 5.88 Å². The minimum Gasteiger partial charge on any atom is -0.490 e. The van der Waals surface area contributed by atoms with Gasteiger partial charge in [0.05, 0.1) is 13.2 Å². The highest BCUT2D eigenvalue weighted by Crippen LogP contribution is 2.31. The molecule has 1 atom stereocenters. The van der Waals surface area contributed by atoms with Crippen molar-refractivity contribution in [3.05, 3.63) is 54.2 Å². The number of nitrogens with zero attached hydrogens (tertiary/aromatic N) is 2. The molecule has 1 saturated heterocycles. The van der Waals surface area contributed by atoms with Crippen LogP contribution in [0, 0.1) is 5.41 Å². The highest BCUT2D eigenvalue weighted by Gasteiger charge is 2.34. The van der Waals surface area contributed by atoms with Gasteiger partial charge in [-0.05, 0) is 37.5 Å². The summed E-state index contributed by atoms with van der Waals surface area (Å²) in [4.78, 5) is 9.02. The first-order valence-electron chi connectivity index (χ1n) is 11.2. The fraction of sp³-hybridized carbons (Fsp3) is 0.500. The first-order valence-corrected chi connectivity index (χ1v) is 11.2. The third-order valence-corrected chi connectivity index (χ3v) is 5.36. The fourth-order valence-electron chi connectivity index (χ4n) is 3.51. The molecule has 182 valence electrons. The number of guanidine groups is 1. The molecule has 2 aromatic rings. The van der Waals surface area contributed by atoms with Gasteiger partial charge in [-0.1, -0.05) is 24.3 Å². The Balaban J connectivity index is 0.00000385. The van der Waals surface area contributed by atoms with Gasteiger partial charge < -0.3 is 30.0 Å². The zero-order valence-corrected chi connectivity index (χ0v) is 21.5. The molecule has 9 heteroatoms. The third-order valence-electron chi connectivity index (χ3n) is 5.36. The average molecular weight is 570 g/mol. The van der Waals surface area contributed by atoms with Crippen LogP contribution >= 0.6 is 24.0 Å². The van der Waals surface area contributed by atoms with E-state index in [-0.39, 0.29) is 36.0 Å². The number of aliphatic hydroxyl groups is 1. The monoisotopic (exact) mass is 570 g/mol. The summed E-state index contributed by atoms with van der Waals surface area (Å²) in [5.74, 6) is 2.13. The van der Waals surface area contributed by atoms with Gasteiger partial charge in [0.1, 0.15) is 19.0 Å². The SMILES string of the molecule is CCNC(=NCc1ccc(OCCOc2ccccc2)nc1)NCC1(CCO)CCOC1.I. The van der Waals surface area contributed by atoms with Crippen molar-refractivity contribution in [2.24, 2.45) is 10.4 Å². The number of aromatic nitrogens is 1. The number of para-hydroxylation sites is 1. The van der Waals surface area contributed by atoms with Crippen LogP contribution < -0.4 is 20.1 Å². The van der Waals surface area contributed by atoms with Crippen LogP contribution in [0.1, 0.15) is 25.3 Å². The number of pyridine rings is 1. The van der Waals surface area contributed by atoms with E-state index in [1.54, 1.807) is 6.20 Å². The summed E-state index contributed by atoms with van der Waals surface area (Å²) in [6.07, 6.45) is 3.45. The standard InChI is InChI=1S/C24H34N4O4.HI/c1-2-25-23(28-18-24(10-12-29)11-13-30-19-24)27-17-20-8-9-22(26-16-20)32-15-14-31-21-6-4-3-5-7-21;/h3-9,16,29H,2,10-15,17-19H2,1H3,(H2,25,27,28);1H. The Morgan fingerprint density at radius 3 is 2.64 bits per heavy atom. The maximum Gasteiger partial charge on any atom is 0.213 e. The number of aliphatic imine (C=N–C) groups is 1. The molecule has 3 rings (SSSR count). The van der Waals surface area contributed by atoms with E-state index in [1.807, 2.05) is 49.4 Å². The van der Waals surface area contributed by atoms with Crippen molar-refractivity contribution in [1.82, 2.24) is 15.6 Å². The zero-order chi connectivity index (χ0) is 22.5. The van der Waals surface area contributed by atoms with Crippen LogP contribution in [0.2, 0.25) is 0 Å². The molecule has 3 N–H and O–H groups in total. The molecule has 0 saturated carbocycles. The highest BCUT2D eigenvalue weighted by molar-refractivity contribution is 14.0. The van der Waals surface area contributed by atoms with Crippen LogP contribution in [-0.4, -0.2) is 62.2 Å². The Labute approximate surface area is 213 Å². The molecule has 33 heavy (non-hydrogen) atoms. The Morgan fingerprint density at radius 2 is 1.97 bits per heavy atom. The summed E-state index contributed by atoms with van der Waals surface area (Å²) >= 11 is 0. The molecular formula is C24H35IN4O4. The Morgan fingerprint density at radius 1 is 1.15 bits per heavy atom. The van der Waals surface area contributed by atoms with Crippen LogP contribution in [-0.2, 0) is 11.3 Å². The average Bonchev–Trinajstić information content (AvgIpc) is 3.29. The molecule has 1 aliphatic rings. The van der Waals surface area contributed by atoms with Crippen molar-refractivity contribution < 1.29 is 19.3 Å². The van der Waals surface area contributed by atoms with E-state index >= 15 is 0 Å². The zero-order valence-electron chi connectivity index (χ0n) is 19.2. The van der Waals surface area contributed by atoms with E-state index in [0.717, 1.165) is 49.8 Å². The summed E-state index contributed by atoms with van der Waals surface area (Å²) in [6.45, 7) is 6.48. The van der Waals surface area contributed by atoms with Gasteiger partial charge in [-0.2, -0.15) is 0 Å². The smallest absolute Gasteiger partial charge is 0.213 e. The number of aliphatic hydroxyl groups excluding tert-OH is 1. The van der Waals surface area contributed by atoms with E-state index in [1.165, 1.54) is 0 Å². The molecule has 0 aliphatic carbocycles. The van der Waals surface area contributed by atoms with Crippen molar-refractivity contribution in [3.8, 4) is 11.6 Å². The molecule has 1 aromatic carbocycles. The minimum atomic E-state index is -0.0320.